The quantitative estimate of drug-likeness (QED) is 0.896. The van der Waals surface area contributed by atoms with Gasteiger partial charge in [0, 0.05) is 31.4 Å². The average molecular weight is 264 g/mol. The van der Waals surface area contributed by atoms with Crippen LogP contribution >= 0.6 is 0 Å². The zero-order valence-corrected chi connectivity index (χ0v) is 12.1. The number of nitrogens with zero attached hydrogens (tertiary/aromatic N) is 3. The molecule has 0 spiro atoms. The van der Waals surface area contributed by atoms with Crippen molar-refractivity contribution in [3.8, 4) is 0 Å². The van der Waals surface area contributed by atoms with E-state index in [9.17, 15) is 4.79 Å². The van der Waals surface area contributed by atoms with Crippen molar-refractivity contribution in [3.05, 3.63) is 18.2 Å². The summed E-state index contributed by atoms with van der Waals surface area (Å²) in [5, 5.41) is 0. The average Bonchev–Trinajstić information content (AvgIpc) is 2.90. The van der Waals surface area contributed by atoms with Crippen LogP contribution in [0.5, 0.6) is 0 Å². The number of amides is 1. The first-order valence-corrected chi connectivity index (χ1v) is 7.05. The van der Waals surface area contributed by atoms with Crippen LogP contribution in [-0.2, 0) is 11.3 Å². The number of imidazole rings is 1. The second-order valence-electron chi connectivity index (χ2n) is 5.63. The SMILES string of the molecule is CC(C)N1CCC(C(=O)N(C)Cc2ncc[nH]2)CC1. The molecule has 1 aliphatic rings. The van der Waals surface area contributed by atoms with E-state index in [4.69, 9.17) is 0 Å². The first-order valence-electron chi connectivity index (χ1n) is 7.05. The molecule has 5 nitrogen and oxygen atoms in total. The zero-order chi connectivity index (χ0) is 13.8. The van der Waals surface area contributed by atoms with Crippen LogP contribution in [0, 0.1) is 5.92 Å². The van der Waals surface area contributed by atoms with E-state index in [0.717, 1.165) is 31.8 Å². The van der Waals surface area contributed by atoms with Gasteiger partial charge in [-0.2, -0.15) is 0 Å². The van der Waals surface area contributed by atoms with Crippen LogP contribution in [-0.4, -0.2) is 51.9 Å². The Morgan fingerprint density at radius 2 is 2.21 bits per heavy atom. The molecular weight excluding hydrogens is 240 g/mol. The van der Waals surface area contributed by atoms with E-state index in [1.54, 1.807) is 17.3 Å². The highest BCUT2D eigenvalue weighted by Crippen LogP contribution is 2.21. The normalized spacial score (nSPS) is 17.9. The molecule has 1 aliphatic heterocycles. The summed E-state index contributed by atoms with van der Waals surface area (Å²) >= 11 is 0. The van der Waals surface area contributed by atoms with Gasteiger partial charge in [0.1, 0.15) is 5.82 Å². The Morgan fingerprint density at radius 1 is 1.53 bits per heavy atom. The number of nitrogens with one attached hydrogen (secondary N) is 1. The summed E-state index contributed by atoms with van der Waals surface area (Å²) in [5.41, 5.74) is 0. The number of carbonyl (C=O) groups excluding carboxylic acids is 1. The van der Waals surface area contributed by atoms with Gasteiger partial charge in [0.15, 0.2) is 0 Å². The van der Waals surface area contributed by atoms with Crippen LogP contribution in [0.3, 0.4) is 0 Å². The van der Waals surface area contributed by atoms with Crippen molar-refractivity contribution >= 4 is 5.91 Å². The molecule has 1 N–H and O–H groups in total. The lowest BCUT2D eigenvalue weighted by molar-refractivity contribution is -0.136. The molecule has 106 valence electrons. The molecule has 1 amide bonds. The molecule has 1 aromatic heterocycles. The van der Waals surface area contributed by atoms with Crippen LogP contribution in [0.4, 0.5) is 0 Å². The number of rotatable bonds is 4. The van der Waals surface area contributed by atoms with Gasteiger partial charge >= 0.3 is 0 Å². The Labute approximate surface area is 115 Å². The summed E-state index contributed by atoms with van der Waals surface area (Å²) in [6, 6.07) is 0.580. The number of hydrogen-bond donors (Lipinski definition) is 1. The molecule has 1 aromatic rings. The molecule has 0 aromatic carbocycles. The molecule has 19 heavy (non-hydrogen) atoms. The van der Waals surface area contributed by atoms with Crippen LogP contribution in [0.2, 0.25) is 0 Å². The maximum atomic E-state index is 12.4. The number of H-pyrrole nitrogens is 1. The Balaban J connectivity index is 1.83. The van der Waals surface area contributed by atoms with Crippen molar-refractivity contribution in [1.29, 1.82) is 0 Å². The van der Waals surface area contributed by atoms with Crippen molar-refractivity contribution in [2.24, 2.45) is 5.92 Å². The second kappa shape index (κ2) is 6.19. The van der Waals surface area contributed by atoms with Crippen molar-refractivity contribution in [1.82, 2.24) is 19.8 Å². The van der Waals surface area contributed by atoms with Gasteiger partial charge in [-0.25, -0.2) is 4.98 Å². The predicted octanol–water partition coefficient (Wildman–Crippen LogP) is 1.49. The van der Waals surface area contributed by atoms with E-state index in [1.165, 1.54) is 0 Å². The monoisotopic (exact) mass is 264 g/mol. The van der Waals surface area contributed by atoms with Gasteiger partial charge in [-0.1, -0.05) is 0 Å². The Kier molecular flexibility index (Phi) is 4.58. The molecule has 0 radical (unpaired) electrons. The maximum absolute atomic E-state index is 12.4. The second-order valence-corrected chi connectivity index (χ2v) is 5.63. The van der Waals surface area contributed by atoms with Gasteiger partial charge in [0.2, 0.25) is 5.91 Å². The van der Waals surface area contributed by atoms with Crippen molar-refractivity contribution in [2.45, 2.75) is 39.3 Å². The first kappa shape index (κ1) is 14.1. The predicted molar refractivity (Wildman–Crippen MR) is 74.5 cm³/mol. The van der Waals surface area contributed by atoms with Crippen LogP contribution in [0.1, 0.15) is 32.5 Å². The molecule has 5 heteroatoms. The van der Waals surface area contributed by atoms with E-state index in [2.05, 4.69) is 28.7 Å². The molecule has 0 bridgehead atoms. The van der Waals surface area contributed by atoms with Crippen molar-refractivity contribution in [3.63, 3.8) is 0 Å². The summed E-state index contributed by atoms with van der Waals surface area (Å²) in [4.78, 5) is 23.8. The number of carbonyl (C=O) groups is 1. The fourth-order valence-corrected chi connectivity index (χ4v) is 2.66. The van der Waals surface area contributed by atoms with E-state index < -0.39 is 0 Å². The fraction of sp³-hybridized carbons (Fsp3) is 0.714. The molecule has 2 heterocycles. The highest BCUT2D eigenvalue weighted by molar-refractivity contribution is 5.78. The van der Waals surface area contributed by atoms with Crippen LogP contribution < -0.4 is 0 Å². The number of piperidine rings is 1. The lowest BCUT2D eigenvalue weighted by atomic mass is 9.94. The van der Waals surface area contributed by atoms with E-state index >= 15 is 0 Å². The first-order chi connectivity index (χ1) is 9.08. The van der Waals surface area contributed by atoms with E-state index in [-0.39, 0.29) is 11.8 Å². The number of likely N-dealkylation sites (tertiary alicyclic amines) is 1. The van der Waals surface area contributed by atoms with Crippen molar-refractivity contribution < 1.29 is 4.79 Å². The summed E-state index contributed by atoms with van der Waals surface area (Å²) in [6.45, 7) is 7.05. The molecule has 0 unspecified atom stereocenters. The van der Waals surface area contributed by atoms with E-state index in [1.807, 2.05) is 7.05 Å². The fourth-order valence-electron chi connectivity index (χ4n) is 2.66. The van der Waals surface area contributed by atoms with E-state index in [0.29, 0.717) is 12.6 Å². The standard InChI is InChI=1S/C14H24N4O/c1-11(2)18-8-4-12(5-9-18)14(19)17(3)10-13-15-6-7-16-13/h6-7,11-12H,4-5,8-10H2,1-3H3,(H,15,16). The topological polar surface area (TPSA) is 52.2 Å². The van der Waals surface area contributed by atoms with Crippen molar-refractivity contribution in [2.75, 3.05) is 20.1 Å². The Hall–Kier alpha value is -1.36. The highest BCUT2D eigenvalue weighted by Gasteiger charge is 2.28. The van der Waals surface area contributed by atoms with Gasteiger partial charge in [-0.05, 0) is 39.8 Å². The minimum absolute atomic E-state index is 0.176. The molecule has 1 saturated heterocycles. The number of aromatic amines is 1. The largest absolute Gasteiger partial charge is 0.347 e. The third-order valence-electron chi connectivity index (χ3n) is 3.93. The highest BCUT2D eigenvalue weighted by atomic mass is 16.2. The maximum Gasteiger partial charge on any atom is 0.225 e. The summed E-state index contributed by atoms with van der Waals surface area (Å²) < 4.78 is 0. The summed E-state index contributed by atoms with van der Waals surface area (Å²) in [6.07, 6.45) is 5.45. The van der Waals surface area contributed by atoms with Gasteiger partial charge < -0.3 is 14.8 Å². The molecule has 0 saturated carbocycles. The molecule has 0 atom stereocenters. The minimum atomic E-state index is 0.176. The van der Waals surface area contributed by atoms with Crippen LogP contribution in [0.25, 0.3) is 0 Å². The Bertz CT molecular complexity index is 394. The van der Waals surface area contributed by atoms with Gasteiger partial charge in [0.05, 0.1) is 6.54 Å². The zero-order valence-electron chi connectivity index (χ0n) is 12.1. The molecule has 0 aliphatic carbocycles. The van der Waals surface area contributed by atoms with Gasteiger partial charge in [-0.3, -0.25) is 4.79 Å². The smallest absolute Gasteiger partial charge is 0.225 e. The summed E-state index contributed by atoms with van der Waals surface area (Å²) in [5.74, 6) is 1.27. The minimum Gasteiger partial charge on any atom is -0.347 e. The van der Waals surface area contributed by atoms with Gasteiger partial charge in [0.25, 0.3) is 0 Å². The third-order valence-corrected chi connectivity index (χ3v) is 3.93. The van der Waals surface area contributed by atoms with Crippen LogP contribution in [0.15, 0.2) is 12.4 Å². The Morgan fingerprint density at radius 3 is 2.74 bits per heavy atom. The molecule has 1 fully saturated rings. The van der Waals surface area contributed by atoms with Gasteiger partial charge in [-0.15, -0.1) is 0 Å². The third kappa shape index (κ3) is 3.56. The lowest BCUT2D eigenvalue weighted by Gasteiger charge is -2.35. The number of hydrogen-bond acceptors (Lipinski definition) is 3. The molecular formula is C14H24N4O. The lowest BCUT2D eigenvalue weighted by Crippen LogP contribution is -2.43. The number of aromatic nitrogens is 2. The molecule has 2 rings (SSSR count). The summed E-state index contributed by atoms with van der Waals surface area (Å²) in [7, 11) is 1.86.